The molecule has 3 N–H and O–H groups in total. The van der Waals surface area contributed by atoms with E-state index in [0.29, 0.717) is 6.10 Å². The van der Waals surface area contributed by atoms with Crippen molar-refractivity contribution in [3.63, 3.8) is 0 Å². The molecule has 0 amide bonds. The van der Waals surface area contributed by atoms with E-state index in [4.69, 9.17) is 10.5 Å². The van der Waals surface area contributed by atoms with Crippen molar-refractivity contribution in [3.05, 3.63) is 0 Å². The van der Waals surface area contributed by atoms with Gasteiger partial charge in [0.15, 0.2) is 0 Å². The highest BCUT2D eigenvalue weighted by Gasteiger charge is 2.18. The maximum Gasteiger partial charge on any atom is 0.0826 e. The molecule has 0 saturated carbocycles. The first-order valence-corrected chi connectivity index (χ1v) is 5.05. The Hall–Kier alpha value is -0.160. The second-order valence-corrected chi connectivity index (χ2v) is 3.49. The lowest BCUT2D eigenvalue weighted by Crippen LogP contribution is -2.46. The Morgan fingerprint density at radius 1 is 1.62 bits per heavy atom. The molecule has 1 saturated heterocycles. The van der Waals surface area contributed by atoms with Crippen LogP contribution in [0, 0.1) is 0 Å². The van der Waals surface area contributed by atoms with Crippen LogP contribution in [0.25, 0.3) is 0 Å². The summed E-state index contributed by atoms with van der Waals surface area (Å²) in [5.41, 5.74) is 5.47. The molecule has 0 radical (unpaired) electrons. The summed E-state index contributed by atoms with van der Waals surface area (Å²) in [4.78, 5) is 2.43. The fourth-order valence-corrected chi connectivity index (χ4v) is 1.65. The number of nitrogens with zero attached hydrogens (tertiary/aromatic N) is 1. The lowest BCUT2D eigenvalue weighted by Gasteiger charge is -2.32. The lowest BCUT2D eigenvalue weighted by atomic mass is 10.2. The van der Waals surface area contributed by atoms with E-state index in [0.717, 1.165) is 45.8 Å². The van der Waals surface area contributed by atoms with Crippen LogP contribution < -0.4 is 11.1 Å². The Morgan fingerprint density at radius 3 is 3.15 bits per heavy atom. The second-order valence-electron chi connectivity index (χ2n) is 3.49. The number of hydrogen-bond donors (Lipinski definition) is 2. The first-order chi connectivity index (χ1) is 6.36. The Balaban J connectivity index is 2.16. The Kier molecular flexibility index (Phi) is 5.31. The van der Waals surface area contributed by atoms with E-state index in [9.17, 15) is 0 Å². The molecule has 1 atom stereocenters. The molecule has 0 bridgehead atoms. The summed E-state index contributed by atoms with van der Waals surface area (Å²) < 4.78 is 5.59. The molecule has 1 aliphatic rings. The van der Waals surface area contributed by atoms with Gasteiger partial charge in [-0.05, 0) is 26.6 Å². The average molecular weight is 187 g/mol. The van der Waals surface area contributed by atoms with E-state index >= 15 is 0 Å². The topological polar surface area (TPSA) is 50.5 Å². The molecule has 0 unspecified atom stereocenters. The molecule has 0 aromatic carbocycles. The van der Waals surface area contributed by atoms with E-state index in [1.807, 2.05) is 7.05 Å². The molecule has 78 valence electrons. The number of hydrogen-bond acceptors (Lipinski definition) is 4. The van der Waals surface area contributed by atoms with Crippen LogP contribution in [0.5, 0.6) is 0 Å². The summed E-state index contributed by atoms with van der Waals surface area (Å²) in [6.45, 7) is 5.80. The first kappa shape index (κ1) is 10.9. The average Bonchev–Trinajstić information content (AvgIpc) is 2.16. The van der Waals surface area contributed by atoms with Crippen molar-refractivity contribution in [1.82, 2.24) is 10.2 Å². The van der Waals surface area contributed by atoms with Crippen LogP contribution in [0.3, 0.4) is 0 Å². The van der Waals surface area contributed by atoms with Gasteiger partial charge < -0.3 is 15.8 Å². The van der Waals surface area contributed by atoms with Gasteiger partial charge in [-0.25, -0.2) is 0 Å². The molecule has 1 rings (SSSR count). The summed E-state index contributed by atoms with van der Waals surface area (Å²) in [5, 5.41) is 3.14. The highest BCUT2D eigenvalue weighted by molar-refractivity contribution is 4.72. The summed E-state index contributed by atoms with van der Waals surface area (Å²) >= 11 is 0. The monoisotopic (exact) mass is 187 g/mol. The zero-order chi connectivity index (χ0) is 9.52. The highest BCUT2D eigenvalue weighted by Crippen LogP contribution is 2.04. The minimum Gasteiger partial charge on any atom is -0.374 e. The fourth-order valence-electron chi connectivity index (χ4n) is 1.65. The number of ether oxygens (including phenoxy) is 1. The lowest BCUT2D eigenvalue weighted by molar-refractivity contribution is -0.0262. The van der Waals surface area contributed by atoms with Crippen LogP contribution in [0.2, 0.25) is 0 Å². The van der Waals surface area contributed by atoms with Crippen LogP contribution in [0.15, 0.2) is 0 Å². The third-order valence-corrected chi connectivity index (χ3v) is 2.33. The Labute approximate surface area is 80.4 Å². The van der Waals surface area contributed by atoms with Gasteiger partial charge in [-0.2, -0.15) is 0 Å². The normalized spacial score (nSPS) is 24.9. The molecule has 1 heterocycles. The Morgan fingerprint density at radius 2 is 2.46 bits per heavy atom. The van der Waals surface area contributed by atoms with Crippen LogP contribution >= 0.6 is 0 Å². The molecule has 0 aromatic heterocycles. The molecule has 1 fully saturated rings. The molecule has 4 nitrogen and oxygen atoms in total. The standard InChI is InChI=1S/C9H21N3O/c1-11-7-9-8-12(4-2-3-10)5-6-13-9/h9,11H,2-8,10H2,1H3/t9-/m0/s1. The predicted molar refractivity (Wildman–Crippen MR) is 53.8 cm³/mol. The van der Waals surface area contributed by atoms with Gasteiger partial charge >= 0.3 is 0 Å². The third-order valence-electron chi connectivity index (χ3n) is 2.33. The van der Waals surface area contributed by atoms with Crippen molar-refractivity contribution >= 4 is 0 Å². The van der Waals surface area contributed by atoms with Crippen molar-refractivity contribution in [1.29, 1.82) is 0 Å². The quantitative estimate of drug-likeness (QED) is 0.595. The molecule has 0 aromatic rings. The van der Waals surface area contributed by atoms with E-state index in [1.54, 1.807) is 0 Å². The molecule has 4 heteroatoms. The number of morpholine rings is 1. The summed E-state index contributed by atoms with van der Waals surface area (Å²) in [5.74, 6) is 0. The maximum atomic E-state index is 5.59. The predicted octanol–water partition coefficient (Wildman–Crippen LogP) is -0.745. The Bertz CT molecular complexity index is 130. The van der Waals surface area contributed by atoms with Crippen LogP contribution in [0.4, 0.5) is 0 Å². The number of nitrogens with one attached hydrogen (secondary N) is 1. The van der Waals surface area contributed by atoms with Crippen LogP contribution in [-0.4, -0.2) is 57.4 Å². The van der Waals surface area contributed by atoms with Gasteiger partial charge in [0.1, 0.15) is 0 Å². The fraction of sp³-hybridized carbons (Fsp3) is 1.00. The van der Waals surface area contributed by atoms with E-state index in [1.165, 1.54) is 0 Å². The molecular formula is C9H21N3O. The number of rotatable bonds is 5. The molecule has 13 heavy (non-hydrogen) atoms. The van der Waals surface area contributed by atoms with E-state index in [-0.39, 0.29) is 0 Å². The van der Waals surface area contributed by atoms with Crippen molar-refractivity contribution in [2.24, 2.45) is 5.73 Å². The van der Waals surface area contributed by atoms with Gasteiger partial charge in [0.2, 0.25) is 0 Å². The zero-order valence-corrected chi connectivity index (χ0v) is 8.46. The zero-order valence-electron chi connectivity index (χ0n) is 8.46. The second kappa shape index (κ2) is 6.32. The summed E-state index contributed by atoms with van der Waals surface area (Å²) in [6, 6.07) is 0. The van der Waals surface area contributed by atoms with Gasteiger partial charge in [-0.1, -0.05) is 0 Å². The van der Waals surface area contributed by atoms with Gasteiger partial charge in [0, 0.05) is 19.6 Å². The molecule has 0 spiro atoms. The SMILES string of the molecule is CNC[C@H]1CN(CCCN)CCO1. The number of likely N-dealkylation sites (N-methyl/N-ethyl adjacent to an activating group) is 1. The highest BCUT2D eigenvalue weighted by atomic mass is 16.5. The molecule has 0 aliphatic carbocycles. The largest absolute Gasteiger partial charge is 0.374 e. The van der Waals surface area contributed by atoms with Gasteiger partial charge in [0.25, 0.3) is 0 Å². The maximum absolute atomic E-state index is 5.59. The number of nitrogens with two attached hydrogens (primary N) is 1. The van der Waals surface area contributed by atoms with Crippen molar-refractivity contribution < 1.29 is 4.74 Å². The molecular weight excluding hydrogens is 166 g/mol. The smallest absolute Gasteiger partial charge is 0.0826 e. The van der Waals surface area contributed by atoms with Gasteiger partial charge in [-0.15, -0.1) is 0 Å². The summed E-state index contributed by atoms with van der Waals surface area (Å²) in [6.07, 6.45) is 1.45. The first-order valence-electron chi connectivity index (χ1n) is 5.05. The minimum absolute atomic E-state index is 0.358. The van der Waals surface area contributed by atoms with Crippen LogP contribution in [0.1, 0.15) is 6.42 Å². The van der Waals surface area contributed by atoms with Crippen molar-refractivity contribution in [3.8, 4) is 0 Å². The van der Waals surface area contributed by atoms with Gasteiger partial charge in [-0.3, -0.25) is 4.90 Å². The minimum atomic E-state index is 0.358. The summed E-state index contributed by atoms with van der Waals surface area (Å²) in [7, 11) is 1.96. The van der Waals surface area contributed by atoms with Crippen molar-refractivity contribution in [2.75, 3.05) is 46.4 Å². The van der Waals surface area contributed by atoms with Gasteiger partial charge in [0.05, 0.1) is 12.7 Å². The molecule has 1 aliphatic heterocycles. The van der Waals surface area contributed by atoms with E-state index < -0.39 is 0 Å². The third kappa shape index (κ3) is 4.04. The van der Waals surface area contributed by atoms with Crippen LogP contribution in [-0.2, 0) is 4.74 Å². The van der Waals surface area contributed by atoms with Crippen molar-refractivity contribution in [2.45, 2.75) is 12.5 Å². The van der Waals surface area contributed by atoms with E-state index in [2.05, 4.69) is 10.2 Å².